The minimum atomic E-state index is -0.269. The second-order valence-corrected chi connectivity index (χ2v) is 8.24. The molecule has 30 heavy (non-hydrogen) atoms. The molecule has 0 aromatic heterocycles. The van der Waals surface area contributed by atoms with Gasteiger partial charge in [0.2, 0.25) is 0 Å². The molecular formula is C27H39FO2. The molecule has 0 N–H and O–H groups in total. The van der Waals surface area contributed by atoms with E-state index >= 15 is 0 Å². The molecule has 0 amide bonds. The third kappa shape index (κ3) is 9.39. The quantitative estimate of drug-likeness (QED) is 0.462. The predicted molar refractivity (Wildman–Crippen MR) is 128 cm³/mol. The van der Waals surface area contributed by atoms with Crippen LogP contribution >= 0.6 is 0 Å². The summed E-state index contributed by atoms with van der Waals surface area (Å²) in [6, 6.07) is 10.7. The maximum atomic E-state index is 12.7. The first-order valence-electron chi connectivity index (χ1n) is 10.6. The van der Waals surface area contributed by atoms with Crippen molar-refractivity contribution in [1.82, 2.24) is 0 Å². The van der Waals surface area contributed by atoms with Crippen molar-refractivity contribution in [2.24, 2.45) is 5.41 Å². The molecule has 0 saturated heterocycles. The van der Waals surface area contributed by atoms with Crippen molar-refractivity contribution in [1.29, 1.82) is 0 Å². The molecule has 0 fully saturated rings. The van der Waals surface area contributed by atoms with Crippen LogP contribution in [0.4, 0.5) is 4.39 Å². The third-order valence-corrected chi connectivity index (χ3v) is 4.38. The minimum absolute atomic E-state index is 0.0342. The first-order valence-corrected chi connectivity index (χ1v) is 10.6. The molecule has 0 radical (unpaired) electrons. The van der Waals surface area contributed by atoms with Crippen LogP contribution in [0, 0.1) is 18.2 Å². The molecule has 0 aliphatic carbocycles. The Morgan fingerprint density at radius 1 is 1.07 bits per heavy atom. The molecule has 166 valence electrons. The first kappa shape index (κ1) is 27.6. The number of allylic oxidation sites excluding steroid dienone is 1. The Bertz CT molecular complexity index is 829. The molecule has 0 spiro atoms. The van der Waals surface area contributed by atoms with Gasteiger partial charge in [-0.3, -0.25) is 4.79 Å². The molecule has 0 aliphatic heterocycles. The van der Waals surface area contributed by atoms with Gasteiger partial charge in [0.05, 0.1) is 7.11 Å². The van der Waals surface area contributed by atoms with Gasteiger partial charge in [-0.05, 0) is 78.6 Å². The summed E-state index contributed by atoms with van der Waals surface area (Å²) in [7, 11) is 1.73. The standard InChI is InChI=1S/C16H24O.C9H9FO.C2H6/c1-7-13-8-9-14(10-15(13)17-6)12(2)11-16(3,4)5;1-6-5-8(7(2)11)3-4-9(6)10;1-2/h8-10H,2,7,11H2,1,3-6H3;3-5H,1-2H3;1-2H3. The number of hydrogen-bond acceptors (Lipinski definition) is 2. The molecule has 0 saturated carbocycles. The van der Waals surface area contributed by atoms with E-state index < -0.39 is 0 Å². The monoisotopic (exact) mass is 414 g/mol. The van der Waals surface area contributed by atoms with E-state index in [1.807, 2.05) is 13.8 Å². The summed E-state index contributed by atoms with van der Waals surface area (Å²) >= 11 is 0. The summed E-state index contributed by atoms with van der Waals surface area (Å²) in [5, 5.41) is 0. The zero-order chi connectivity index (χ0) is 23.5. The van der Waals surface area contributed by atoms with E-state index in [9.17, 15) is 9.18 Å². The van der Waals surface area contributed by atoms with Gasteiger partial charge in [0.1, 0.15) is 11.6 Å². The van der Waals surface area contributed by atoms with Gasteiger partial charge in [-0.2, -0.15) is 0 Å². The van der Waals surface area contributed by atoms with Gasteiger partial charge >= 0.3 is 0 Å². The molecule has 2 nitrogen and oxygen atoms in total. The molecule has 0 bridgehead atoms. The molecule has 0 heterocycles. The summed E-state index contributed by atoms with van der Waals surface area (Å²) in [4.78, 5) is 10.8. The van der Waals surface area contributed by atoms with E-state index in [0.29, 0.717) is 11.1 Å². The summed E-state index contributed by atoms with van der Waals surface area (Å²) in [6.07, 6.45) is 2.00. The number of benzene rings is 2. The lowest BCUT2D eigenvalue weighted by Gasteiger charge is -2.20. The number of Topliss-reactive ketones (excluding diaryl/α,β-unsaturated/α-hetero) is 1. The summed E-state index contributed by atoms with van der Waals surface area (Å²) in [6.45, 7) is 20.1. The Labute approximate surface area is 183 Å². The van der Waals surface area contributed by atoms with Gasteiger partial charge in [-0.15, -0.1) is 0 Å². The molecule has 0 unspecified atom stereocenters. The molecule has 2 aromatic carbocycles. The van der Waals surface area contributed by atoms with Crippen molar-refractivity contribution >= 4 is 11.4 Å². The highest BCUT2D eigenvalue weighted by Crippen LogP contribution is 2.31. The molecular weight excluding hydrogens is 375 g/mol. The van der Waals surface area contributed by atoms with Crippen molar-refractivity contribution in [3.8, 4) is 5.75 Å². The lowest BCUT2D eigenvalue weighted by Crippen LogP contribution is -2.05. The number of ether oxygens (including phenoxy) is 1. The van der Waals surface area contributed by atoms with Crippen LogP contribution in [0.25, 0.3) is 5.57 Å². The summed E-state index contributed by atoms with van der Waals surface area (Å²) < 4.78 is 18.1. The number of carbonyl (C=O) groups excluding carboxylic acids is 1. The van der Waals surface area contributed by atoms with Gasteiger partial charge in [-0.1, -0.05) is 60.3 Å². The first-order chi connectivity index (χ1) is 14.0. The second-order valence-electron chi connectivity index (χ2n) is 8.24. The smallest absolute Gasteiger partial charge is 0.159 e. The van der Waals surface area contributed by atoms with Crippen LogP contribution < -0.4 is 4.74 Å². The van der Waals surface area contributed by atoms with E-state index in [1.165, 1.54) is 35.8 Å². The van der Waals surface area contributed by atoms with Gasteiger partial charge in [0.25, 0.3) is 0 Å². The lowest BCUT2D eigenvalue weighted by molar-refractivity contribution is 0.101. The number of rotatable bonds is 5. The highest BCUT2D eigenvalue weighted by atomic mass is 19.1. The fourth-order valence-corrected chi connectivity index (χ4v) is 2.86. The summed E-state index contributed by atoms with van der Waals surface area (Å²) in [5.41, 5.74) is 4.96. The van der Waals surface area contributed by atoms with Crippen LogP contribution in [0.15, 0.2) is 43.0 Å². The van der Waals surface area contributed by atoms with E-state index in [-0.39, 0.29) is 17.0 Å². The molecule has 2 rings (SSSR count). The van der Waals surface area contributed by atoms with Crippen molar-refractivity contribution in [2.45, 2.75) is 68.2 Å². The van der Waals surface area contributed by atoms with E-state index in [1.54, 1.807) is 20.1 Å². The van der Waals surface area contributed by atoms with Crippen LogP contribution in [0.1, 0.15) is 81.9 Å². The largest absolute Gasteiger partial charge is 0.496 e. The average Bonchev–Trinajstić information content (AvgIpc) is 2.70. The van der Waals surface area contributed by atoms with Crippen molar-refractivity contribution < 1.29 is 13.9 Å². The lowest BCUT2D eigenvalue weighted by atomic mass is 9.86. The number of aryl methyl sites for hydroxylation is 2. The molecule has 3 heteroatoms. The van der Waals surface area contributed by atoms with E-state index in [0.717, 1.165) is 18.6 Å². The minimum Gasteiger partial charge on any atom is -0.496 e. The Hall–Kier alpha value is -2.42. The Morgan fingerprint density at radius 3 is 2.07 bits per heavy atom. The molecule has 0 aliphatic rings. The summed E-state index contributed by atoms with van der Waals surface area (Å²) in [5.74, 6) is 0.670. The van der Waals surface area contributed by atoms with Crippen molar-refractivity contribution in [3.05, 3.63) is 71.0 Å². The van der Waals surface area contributed by atoms with E-state index in [2.05, 4.69) is 52.5 Å². The topological polar surface area (TPSA) is 26.3 Å². The maximum absolute atomic E-state index is 12.7. The molecule has 0 atom stereocenters. The van der Waals surface area contributed by atoms with Gasteiger partial charge in [0, 0.05) is 5.56 Å². The Kier molecular flexibility index (Phi) is 11.9. The normalized spacial score (nSPS) is 10.2. The SMILES string of the molecule is C=C(CC(C)(C)C)c1ccc(CC)c(OC)c1.CC.CC(=O)c1ccc(F)c(C)c1. The maximum Gasteiger partial charge on any atom is 0.159 e. The van der Waals surface area contributed by atoms with Crippen LogP contribution in [-0.2, 0) is 6.42 Å². The number of hydrogen-bond donors (Lipinski definition) is 0. The third-order valence-electron chi connectivity index (χ3n) is 4.38. The average molecular weight is 415 g/mol. The van der Waals surface area contributed by atoms with Gasteiger partial charge < -0.3 is 4.74 Å². The predicted octanol–water partition coefficient (Wildman–Crippen LogP) is 8.07. The zero-order valence-corrected chi connectivity index (χ0v) is 20.3. The van der Waals surface area contributed by atoms with Gasteiger partial charge in [0.15, 0.2) is 5.78 Å². The van der Waals surface area contributed by atoms with Crippen LogP contribution in [-0.4, -0.2) is 12.9 Å². The van der Waals surface area contributed by atoms with Gasteiger partial charge in [-0.25, -0.2) is 4.39 Å². The van der Waals surface area contributed by atoms with Crippen molar-refractivity contribution in [3.63, 3.8) is 0 Å². The number of methoxy groups -OCH3 is 1. The number of carbonyl (C=O) groups is 1. The Balaban J connectivity index is 0.000000557. The van der Waals surface area contributed by atoms with Crippen LogP contribution in [0.5, 0.6) is 5.75 Å². The van der Waals surface area contributed by atoms with Crippen molar-refractivity contribution in [2.75, 3.05) is 7.11 Å². The highest BCUT2D eigenvalue weighted by molar-refractivity contribution is 5.94. The van der Waals surface area contributed by atoms with E-state index in [4.69, 9.17) is 4.74 Å². The number of ketones is 1. The fourth-order valence-electron chi connectivity index (χ4n) is 2.86. The van der Waals surface area contributed by atoms with Crippen LogP contribution in [0.3, 0.4) is 0 Å². The fraction of sp³-hybridized carbons (Fsp3) is 0.444. The second kappa shape index (κ2) is 13.0. The zero-order valence-electron chi connectivity index (χ0n) is 20.3. The highest BCUT2D eigenvalue weighted by Gasteiger charge is 2.14. The van der Waals surface area contributed by atoms with Crippen LogP contribution in [0.2, 0.25) is 0 Å². The Morgan fingerprint density at radius 2 is 1.63 bits per heavy atom. The number of halogens is 1. The molecule has 2 aromatic rings.